The molecule has 0 aliphatic carbocycles. The Kier molecular flexibility index (Phi) is 5.59. The number of nitrogens with one attached hydrogen (secondary N) is 1. The van der Waals surface area contributed by atoms with E-state index in [1.807, 2.05) is 0 Å². The van der Waals surface area contributed by atoms with Crippen LogP contribution < -0.4 is 10.5 Å². The second-order valence-corrected chi connectivity index (χ2v) is 6.19. The van der Waals surface area contributed by atoms with Crippen molar-refractivity contribution in [3.63, 3.8) is 0 Å². The highest BCUT2D eigenvalue weighted by Crippen LogP contribution is 2.14. The molecule has 0 radical (unpaired) electrons. The SMILES string of the molecule is CN(C)C(N)=NCCNS(=O)(=O)c1cccc(Cl)c1. The van der Waals surface area contributed by atoms with Crippen molar-refractivity contribution >= 4 is 27.6 Å². The van der Waals surface area contributed by atoms with Gasteiger partial charge in [0.15, 0.2) is 5.96 Å². The predicted octanol–water partition coefficient (Wildman–Crippen LogP) is 0.495. The Labute approximate surface area is 118 Å². The Bertz CT molecular complexity index is 558. The molecule has 1 aromatic rings. The van der Waals surface area contributed by atoms with Gasteiger partial charge in [-0.1, -0.05) is 17.7 Å². The van der Waals surface area contributed by atoms with Crippen LogP contribution in [0.2, 0.25) is 5.02 Å². The van der Waals surface area contributed by atoms with Crippen LogP contribution in [-0.2, 0) is 10.0 Å². The van der Waals surface area contributed by atoms with Gasteiger partial charge >= 0.3 is 0 Å². The number of nitrogens with zero attached hydrogens (tertiary/aromatic N) is 2. The highest BCUT2D eigenvalue weighted by Gasteiger charge is 2.13. The first-order valence-corrected chi connectivity index (χ1v) is 7.41. The zero-order valence-corrected chi connectivity index (χ0v) is 12.4. The molecule has 3 N–H and O–H groups in total. The van der Waals surface area contributed by atoms with Crippen molar-refractivity contribution in [1.82, 2.24) is 9.62 Å². The number of aliphatic imine (C=N–C) groups is 1. The van der Waals surface area contributed by atoms with Crippen LogP contribution in [-0.4, -0.2) is 46.5 Å². The largest absolute Gasteiger partial charge is 0.370 e. The van der Waals surface area contributed by atoms with Crippen molar-refractivity contribution in [3.05, 3.63) is 29.3 Å². The number of sulfonamides is 1. The van der Waals surface area contributed by atoms with Gasteiger partial charge in [0, 0.05) is 25.7 Å². The maximum atomic E-state index is 11.9. The van der Waals surface area contributed by atoms with Gasteiger partial charge in [-0.25, -0.2) is 13.1 Å². The van der Waals surface area contributed by atoms with Crippen LogP contribution >= 0.6 is 11.6 Å². The molecule has 0 amide bonds. The molecule has 0 spiro atoms. The predicted molar refractivity (Wildman–Crippen MR) is 76.8 cm³/mol. The zero-order valence-electron chi connectivity index (χ0n) is 10.8. The van der Waals surface area contributed by atoms with Gasteiger partial charge in [-0.05, 0) is 18.2 Å². The zero-order chi connectivity index (χ0) is 14.5. The molecule has 0 saturated carbocycles. The summed E-state index contributed by atoms with van der Waals surface area (Å²) in [7, 11) is -0.0413. The molecule has 106 valence electrons. The van der Waals surface area contributed by atoms with Gasteiger partial charge in [0.05, 0.1) is 11.4 Å². The van der Waals surface area contributed by atoms with Gasteiger partial charge < -0.3 is 10.6 Å². The van der Waals surface area contributed by atoms with Crippen LogP contribution in [0.1, 0.15) is 0 Å². The summed E-state index contributed by atoms with van der Waals surface area (Å²) in [5.41, 5.74) is 5.58. The van der Waals surface area contributed by atoms with Crippen molar-refractivity contribution in [1.29, 1.82) is 0 Å². The van der Waals surface area contributed by atoms with Gasteiger partial charge in [0.1, 0.15) is 0 Å². The third kappa shape index (κ3) is 5.06. The molecule has 0 saturated heterocycles. The molecule has 0 heterocycles. The highest BCUT2D eigenvalue weighted by atomic mass is 35.5. The molecular formula is C11H17ClN4O2S. The molecule has 0 aliphatic heterocycles. The van der Waals surface area contributed by atoms with Crippen LogP contribution in [0, 0.1) is 0 Å². The summed E-state index contributed by atoms with van der Waals surface area (Å²) in [5.74, 6) is 0.349. The van der Waals surface area contributed by atoms with E-state index < -0.39 is 10.0 Å². The van der Waals surface area contributed by atoms with E-state index in [-0.39, 0.29) is 18.0 Å². The minimum atomic E-state index is -3.56. The fraction of sp³-hybridized carbons (Fsp3) is 0.364. The van der Waals surface area contributed by atoms with Crippen molar-refractivity contribution in [3.8, 4) is 0 Å². The normalized spacial score (nSPS) is 12.5. The van der Waals surface area contributed by atoms with E-state index in [1.54, 1.807) is 31.1 Å². The Morgan fingerprint density at radius 2 is 2.16 bits per heavy atom. The molecule has 6 nitrogen and oxygen atoms in total. The first-order chi connectivity index (χ1) is 8.83. The monoisotopic (exact) mass is 304 g/mol. The average molecular weight is 305 g/mol. The number of hydrogen-bond acceptors (Lipinski definition) is 3. The third-order valence-electron chi connectivity index (χ3n) is 2.24. The van der Waals surface area contributed by atoms with E-state index in [4.69, 9.17) is 17.3 Å². The molecule has 1 rings (SSSR count). The molecule has 0 atom stereocenters. The van der Waals surface area contributed by atoms with Crippen molar-refractivity contribution in [2.45, 2.75) is 4.90 Å². The van der Waals surface area contributed by atoms with E-state index in [0.29, 0.717) is 11.0 Å². The van der Waals surface area contributed by atoms with Gasteiger partial charge in [0.25, 0.3) is 0 Å². The van der Waals surface area contributed by atoms with Crippen molar-refractivity contribution in [2.75, 3.05) is 27.2 Å². The smallest absolute Gasteiger partial charge is 0.240 e. The molecule has 0 bridgehead atoms. The van der Waals surface area contributed by atoms with Crippen molar-refractivity contribution in [2.24, 2.45) is 10.7 Å². The number of benzene rings is 1. The maximum absolute atomic E-state index is 11.9. The molecular weight excluding hydrogens is 288 g/mol. The number of rotatable bonds is 5. The first-order valence-electron chi connectivity index (χ1n) is 5.55. The fourth-order valence-corrected chi connectivity index (χ4v) is 2.53. The minimum absolute atomic E-state index is 0.129. The lowest BCUT2D eigenvalue weighted by Crippen LogP contribution is -2.32. The second-order valence-electron chi connectivity index (χ2n) is 3.99. The number of hydrogen-bond donors (Lipinski definition) is 2. The topological polar surface area (TPSA) is 87.8 Å². The van der Waals surface area contributed by atoms with E-state index in [1.165, 1.54) is 12.1 Å². The standard InChI is InChI=1S/C11H17ClN4O2S/c1-16(2)11(13)14-6-7-15-19(17,18)10-5-3-4-9(12)8-10/h3-5,8,15H,6-7H2,1-2H3,(H2,13,14). The maximum Gasteiger partial charge on any atom is 0.240 e. The summed E-state index contributed by atoms with van der Waals surface area (Å²) in [5, 5.41) is 0.373. The van der Waals surface area contributed by atoms with Crippen LogP contribution in [0.4, 0.5) is 0 Å². The summed E-state index contributed by atoms with van der Waals surface area (Å²) in [6.07, 6.45) is 0. The molecule has 0 aromatic heterocycles. The molecule has 8 heteroatoms. The molecule has 1 aromatic carbocycles. The number of halogens is 1. The molecule has 0 unspecified atom stereocenters. The fourth-order valence-electron chi connectivity index (χ4n) is 1.21. The van der Waals surface area contributed by atoms with E-state index in [9.17, 15) is 8.42 Å². The Balaban J connectivity index is 2.60. The molecule has 0 fully saturated rings. The third-order valence-corrected chi connectivity index (χ3v) is 3.94. The lowest BCUT2D eigenvalue weighted by atomic mass is 10.4. The highest BCUT2D eigenvalue weighted by molar-refractivity contribution is 7.89. The molecule has 19 heavy (non-hydrogen) atoms. The quantitative estimate of drug-likeness (QED) is 0.471. The minimum Gasteiger partial charge on any atom is -0.370 e. The summed E-state index contributed by atoms with van der Waals surface area (Å²) < 4.78 is 26.2. The summed E-state index contributed by atoms with van der Waals surface area (Å²) in [6.45, 7) is 0.438. The van der Waals surface area contributed by atoms with Crippen LogP contribution in [0.25, 0.3) is 0 Å². The van der Waals surface area contributed by atoms with Gasteiger partial charge in [-0.3, -0.25) is 4.99 Å². The van der Waals surface area contributed by atoms with Crippen molar-refractivity contribution < 1.29 is 8.42 Å². The second kappa shape index (κ2) is 6.74. The Morgan fingerprint density at radius 3 is 2.74 bits per heavy atom. The molecule has 0 aliphatic rings. The van der Waals surface area contributed by atoms with E-state index >= 15 is 0 Å². The van der Waals surface area contributed by atoms with Crippen LogP contribution in [0.5, 0.6) is 0 Å². The summed E-state index contributed by atoms with van der Waals surface area (Å²) in [6, 6.07) is 6.06. The van der Waals surface area contributed by atoms with Gasteiger partial charge in [0.2, 0.25) is 10.0 Å². The summed E-state index contributed by atoms with van der Waals surface area (Å²) >= 11 is 5.75. The Morgan fingerprint density at radius 1 is 1.47 bits per heavy atom. The van der Waals surface area contributed by atoms with Gasteiger partial charge in [-0.15, -0.1) is 0 Å². The van der Waals surface area contributed by atoms with E-state index in [0.717, 1.165) is 0 Å². The first kappa shape index (κ1) is 15.7. The van der Waals surface area contributed by atoms with Crippen LogP contribution in [0.3, 0.4) is 0 Å². The Hall–Kier alpha value is -1.31. The summed E-state index contributed by atoms with van der Waals surface area (Å²) in [4.78, 5) is 5.78. The number of guanidine groups is 1. The van der Waals surface area contributed by atoms with Gasteiger partial charge in [-0.2, -0.15) is 0 Å². The lowest BCUT2D eigenvalue weighted by molar-refractivity contribution is 0.580. The average Bonchev–Trinajstić information content (AvgIpc) is 2.34. The lowest BCUT2D eigenvalue weighted by Gasteiger charge is -2.10. The van der Waals surface area contributed by atoms with E-state index in [2.05, 4.69) is 9.71 Å². The number of nitrogens with two attached hydrogens (primary N) is 1. The van der Waals surface area contributed by atoms with Crippen LogP contribution in [0.15, 0.2) is 34.2 Å².